The summed E-state index contributed by atoms with van der Waals surface area (Å²) in [5.41, 5.74) is 0.780. The topological polar surface area (TPSA) is 63.4 Å². The number of halogens is 1. The molecule has 1 N–H and O–H groups in total. The molecule has 70 valence electrons. The Morgan fingerprint density at radius 2 is 2.23 bits per heavy atom. The number of aliphatic hydroxyl groups excluding tert-OH is 1. The van der Waals surface area contributed by atoms with Crippen molar-refractivity contribution in [3.05, 3.63) is 38.3 Å². The van der Waals surface area contributed by atoms with Crippen LogP contribution >= 0.6 is 15.9 Å². The molecule has 0 aliphatic carbocycles. The Morgan fingerprint density at radius 1 is 1.54 bits per heavy atom. The molecule has 0 bridgehead atoms. The van der Waals surface area contributed by atoms with Gasteiger partial charge in [-0.15, -0.1) is 0 Å². The van der Waals surface area contributed by atoms with Gasteiger partial charge in [0, 0.05) is 12.7 Å². The number of nitrogens with zero attached hydrogens (tertiary/aromatic N) is 1. The average molecular weight is 246 g/mol. The lowest BCUT2D eigenvalue weighted by molar-refractivity contribution is -0.385. The van der Waals surface area contributed by atoms with Gasteiger partial charge in [-0.25, -0.2) is 0 Å². The monoisotopic (exact) mass is 245 g/mol. The van der Waals surface area contributed by atoms with Crippen LogP contribution < -0.4 is 0 Å². The van der Waals surface area contributed by atoms with Gasteiger partial charge in [0.15, 0.2) is 0 Å². The van der Waals surface area contributed by atoms with E-state index in [1.54, 1.807) is 12.1 Å². The molecule has 0 fully saturated rings. The van der Waals surface area contributed by atoms with Gasteiger partial charge in [0.05, 0.1) is 9.40 Å². The van der Waals surface area contributed by atoms with Crippen molar-refractivity contribution >= 4 is 21.6 Å². The molecule has 1 aromatic carbocycles. The Balaban J connectivity index is 3.10. The number of hydrogen-bond donors (Lipinski definition) is 1. The minimum Gasteiger partial charge on any atom is -0.396 e. The Labute approximate surface area is 83.5 Å². The van der Waals surface area contributed by atoms with Crippen LogP contribution in [0.5, 0.6) is 0 Å². The predicted octanol–water partition coefficient (Wildman–Crippen LogP) is 1.89. The lowest BCUT2D eigenvalue weighted by Crippen LogP contribution is -1.96. The molecule has 0 aromatic heterocycles. The van der Waals surface area contributed by atoms with E-state index < -0.39 is 4.92 Å². The first kappa shape index (κ1) is 10.1. The summed E-state index contributed by atoms with van der Waals surface area (Å²) >= 11 is 3.13. The third kappa shape index (κ3) is 2.26. The van der Waals surface area contributed by atoms with E-state index >= 15 is 0 Å². The Morgan fingerprint density at radius 3 is 2.77 bits per heavy atom. The maximum atomic E-state index is 10.5. The van der Waals surface area contributed by atoms with Crippen molar-refractivity contribution in [2.75, 3.05) is 6.61 Å². The summed E-state index contributed by atoms with van der Waals surface area (Å²) in [6.45, 7) is -0.0141. The van der Waals surface area contributed by atoms with Crippen LogP contribution in [0.15, 0.2) is 22.7 Å². The highest BCUT2D eigenvalue weighted by molar-refractivity contribution is 9.10. The van der Waals surface area contributed by atoms with E-state index in [4.69, 9.17) is 5.11 Å². The van der Waals surface area contributed by atoms with E-state index in [1.165, 1.54) is 6.07 Å². The molecular weight excluding hydrogens is 238 g/mol. The van der Waals surface area contributed by atoms with Crippen molar-refractivity contribution in [1.29, 1.82) is 0 Å². The third-order valence-electron chi connectivity index (χ3n) is 1.64. The SMILES string of the molecule is O=[N+]([O-])c1cccc(CCO)c1Br. The van der Waals surface area contributed by atoms with E-state index in [0.717, 1.165) is 5.56 Å². The van der Waals surface area contributed by atoms with Gasteiger partial charge in [0.1, 0.15) is 0 Å². The van der Waals surface area contributed by atoms with Gasteiger partial charge in [-0.3, -0.25) is 10.1 Å². The third-order valence-corrected chi connectivity index (χ3v) is 2.55. The van der Waals surface area contributed by atoms with E-state index in [1.807, 2.05) is 0 Å². The molecule has 0 atom stereocenters. The van der Waals surface area contributed by atoms with Crippen LogP contribution in [0.3, 0.4) is 0 Å². The predicted molar refractivity (Wildman–Crippen MR) is 51.6 cm³/mol. The summed E-state index contributed by atoms with van der Waals surface area (Å²) in [4.78, 5) is 10.0. The zero-order chi connectivity index (χ0) is 9.84. The molecule has 1 aromatic rings. The molecule has 0 unspecified atom stereocenters. The van der Waals surface area contributed by atoms with Crippen molar-refractivity contribution in [2.45, 2.75) is 6.42 Å². The van der Waals surface area contributed by atoms with Gasteiger partial charge < -0.3 is 5.11 Å². The van der Waals surface area contributed by atoms with Crippen LogP contribution in [0.1, 0.15) is 5.56 Å². The molecule has 4 nitrogen and oxygen atoms in total. The molecule has 0 radical (unpaired) electrons. The zero-order valence-electron chi connectivity index (χ0n) is 6.74. The summed E-state index contributed by atoms with van der Waals surface area (Å²) in [7, 11) is 0. The summed E-state index contributed by atoms with van der Waals surface area (Å²) < 4.78 is 0.453. The molecule has 1 rings (SSSR count). The first-order valence-corrected chi connectivity index (χ1v) is 4.48. The lowest BCUT2D eigenvalue weighted by Gasteiger charge is -2.01. The number of hydrogen-bond acceptors (Lipinski definition) is 3. The van der Waals surface area contributed by atoms with E-state index in [0.29, 0.717) is 10.9 Å². The van der Waals surface area contributed by atoms with Crippen LogP contribution in [0.25, 0.3) is 0 Å². The fraction of sp³-hybridized carbons (Fsp3) is 0.250. The quantitative estimate of drug-likeness (QED) is 0.654. The van der Waals surface area contributed by atoms with Crippen LogP contribution in [0.4, 0.5) is 5.69 Å². The van der Waals surface area contributed by atoms with Crippen LogP contribution in [0.2, 0.25) is 0 Å². The zero-order valence-corrected chi connectivity index (χ0v) is 8.32. The van der Waals surface area contributed by atoms with E-state index in [9.17, 15) is 10.1 Å². The molecule has 13 heavy (non-hydrogen) atoms. The molecule has 0 saturated carbocycles. The fourth-order valence-corrected chi connectivity index (χ4v) is 1.63. The number of rotatable bonds is 3. The van der Waals surface area contributed by atoms with Gasteiger partial charge in [0.25, 0.3) is 5.69 Å². The normalized spacial score (nSPS) is 10.0. The van der Waals surface area contributed by atoms with Crippen molar-refractivity contribution in [2.24, 2.45) is 0 Å². The Hall–Kier alpha value is -0.940. The molecular formula is C8H8BrNO3. The molecule has 0 amide bonds. The second-order valence-electron chi connectivity index (χ2n) is 2.48. The minimum atomic E-state index is -0.453. The largest absolute Gasteiger partial charge is 0.396 e. The van der Waals surface area contributed by atoms with Gasteiger partial charge >= 0.3 is 0 Å². The highest BCUT2D eigenvalue weighted by Gasteiger charge is 2.13. The summed E-state index contributed by atoms with van der Waals surface area (Å²) in [5.74, 6) is 0. The second-order valence-corrected chi connectivity index (χ2v) is 3.27. The highest BCUT2D eigenvalue weighted by Crippen LogP contribution is 2.28. The lowest BCUT2D eigenvalue weighted by atomic mass is 10.1. The number of nitro benzene ring substituents is 1. The Bertz CT molecular complexity index is 327. The minimum absolute atomic E-state index is 0.0141. The van der Waals surface area contributed by atoms with Gasteiger partial charge in [-0.1, -0.05) is 12.1 Å². The Kier molecular flexibility index (Phi) is 3.39. The summed E-state index contributed by atoms with van der Waals surface area (Å²) in [5, 5.41) is 19.2. The molecule has 0 heterocycles. The van der Waals surface area contributed by atoms with Crippen molar-refractivity contribution in [1.82, 2.24) is 0 Å². The summed E-state index contributed by atoms with van der Waals surface area (Å²) in [6, 6.07) is 4.77. The van der Waals surface area contributed by atoms with Crippen molar-refractivity contribution in [3.8, 4) is 0 Å². The fourth-order valence-electron chi connectivity index (χ4n) is 1.02. The van der Waals surface area contributed by atoms with Crippen molar-refractivity contribution in [3.63, 3.8) is 0 Å². The van der Waals surface area contributed by atoms with Gasteiger partial charge in [-0.2, -0.15) is 0 Å². The maximum absolute atomic E-state index is 10.5. The molecule has 0 aliphatic heterocycles. The molecule has 0 saturated heterocycles. The van der Waals surface area contributed by atoms with Crippen molar-refractivity contribution < 1.29 is 10.0 Å². The van der Waals surface area contributed by atoms with Crippen LogP contribution in [0, 0.1) is 10.1 Å². The van der Waals surface area contributed by atoms with Gasteiger partial charge in [-0.05, 0) is 27.9 Å². The maximum Gasteiger partial charge on any atom is 0.283 e. The van der Waals surface area contributed by atoms with E-state index in [2.05, 4.69) is 15.9 Å². The number of nitro groups is 1. The van der Waals surface area contributed by atoms with Gasteiger partial charge in [0.2, 0.25) is 0 Å². The molecule has 5 heteroatoms. The standard InChI is InChI=1S/C8H8BrNO3/c9-8-6(4-5-11)2-1-3-7(8)10(12)13/h1-3,11H,4-5H2. The molecule has 0 aliphatic rings. The number of aliphatic hydroxyl groups is 1. The average Bonchev–Trinajstić information content (AvgIpc) is 2.08. The number of benzene rings is 1. The molecule has 0 spiro atoms. The first-order chi connectivity index (χ1) is 6.16. The first-order valence-electron chi connectivity index (χ1n) is 3.69. The van der Waals surface area contributed by atoms with Crippen LogP contribution in [-0.4, -0.2) is 16.6 Å². The van der Waals surface area contributed by atoms with E-state index in [-0.39, 0.29) is 12.3 Å². The summed E-state index contributed by atoms with van der Waals surface area (Å²) in [6.07, 6.45) is 0.419. The second kappa shape index (κ2) is 4.34. The highest BCUT2D eigenvalue weighted by atomic mass is 79.9. The smallest absolute Gasteiger partial charge is 0.283 e. The van der Waals surface area contributed by atoms with Crippen LogP contribution in [-0.2, 0) is 6.42 Å².